The van der Waals surface area contributed by atoms with Gasteiger partial charge in [-0.3, -0.25) is 14.5 Å². The number of imide groups is 1. The highest BCUT2D eigenvalue weighted by atomic mass is 19.4. The molecule has 11 heteroatoms. The van der Waals surface area contributed by atoms with Crippen LogP contribution in [-0.2, 0) is 25.3 Å². The van der Waals surface area contributed by atoms with Gasteiger partial charge in [0.2, 0.25) is 5.91 Å². The predicted molar refractivity (Wildman–Crippen MR) is 97.9 cm³/mol. The standard InChI is InChI=1S/C19H22F3N3O5/c1-4-18(5-2)16(28)25(17(29)24-18)10-13(26)23-14(15(27)30-3)11-8-6-7-9-12(11)19(20,21)22/h6-9,14H,4-5,10H2,1-3H3,(H,23,26)(H,24,29). The van der Waals surface area contributed by atoms with Crippen LogP contribution in [0.1, 0.15) is 43.9 Å². The number of methoxy groups -OCH3 is 1. The lowest BCUT2D eigenvalue weighted by atomic mass is 9.93. The van der Waals surface area contributed by atoms with Crippen molar-refractivity contribution in [1.29, 1.82) is 0 Å². The molecule has 1 heterocycles. The summed E-state index contributed by atoms with van der Waals surface area (Å²) in [4.78, 5) is 50.0. The zero-order valence-electron chi connectivity index (χ0n) is 16.6. The van der Waals surface area contributed by atoms with Crippen molar-refractivity contribution in [2.45, 2.75) is 44.4 Å². The van der Waals surface area contributed by atoms with Gasteiger partial charge in [0.1, 0.15) is 12.1 Å². The minimum Gasteiger partial charge on any atom is -0.467 e. The Hall–Kier alpha value is -3.11. The van der Waals surface area contributed by atoms with Crippen LogP contribution in [0.15, 0.2) is 24.3 Å². The number of amides is 4. The van der Waals surface area contributed by atoms with E-state index >= 15 is 0 Å². The molecule has 164 valence electrons. The van der Waals surface area contributed by atoms with Gasteiger partial charge in [0.25, 0.3) is 5.91 Å². The van der Waals surface area contributed by atoms with Crippen LogP contribution >= 0.6 is 0 Å². The average Bonchev–Trinajstić information content (AvgIpc) is 2.95. The number of halogens is 3. The van der Waals surface area contributed by atoms with Crippen molar-refractivity contribution in [2.75, 3.05) is 13.7 Å². The normalized spacial score (nSPS) is 16.8. The summed E-state index contributed by atoms with van der Waals surface area (Å²) in [6.45, 7) is 2.65. The number of nitrogens with one attached hydrogen (secondary N) is 2. The fourth-order valence-corrected chi connectivity index (χ4v) is 3.29. The van der Waals surface area contributed by atoms with Crippen molar-refractivity contribution in [3.8, 4) is 0 Å². The second-order valence-electron chi connectivity index (χ2n) is 6.72. The van der Waals surface area contributed by atoms with E-state index in [0.717, 1.165) is 25.3 Å². The summed E-state index contributed by atoms with van der Waals surface area (Å²) >= 11 is 0. The van der Waals surface area contributed by atoms with E-state index < -0.39 is 59.2 Å². The summed E-state index contributed by atoms with van der Waals surface area (Å²) in [5.41, 5.74) is -2.77. The van der Waals surface area contributed by atoms with Gasteiger partial charge in [-0.1, -0.05) is 32.0 Å². The van der Waals surface area contributed by atoms with Gasteiger partial charge < -0.3 is 15.4 Å². The third-order valence-electron chi connectivity index (χ3n) is 5.07. The minimum atomic E-state index is -4.78. The van der Waals surface area contributed by atoms with Crippen molar-refractivity contribution in [2.24, 2.45) is 0 Å². The highest BCUT2D eigenvalue weighted by Crippen LogP contribution is 2.35. The molecule has 1 fully saturated rings. The monoisotopic (exact) mass is 429 g/mol. The summed E-state index contributed by atoms with van der Waals surface area (Å²) in [5.74, 6) is -2.74. The summed E-state index contributed by atoms with van der Waals surface area (Å²) in [6, 6.07) is 1.67. The van der Waals surface area contributed by atoms with Crippen LogP contribution in [0.3, 0.4) is 0 Å². The lowest BCUT2D eigenvalue weighted by Crippen LogP contribution is -2.47. The molecule has 0 bridgehead atoms. The molecule has 1 saturated heterocycles. The fraction of sp³-hybridized carbons (Fsp3) is 0.474. The molecular formula is C19H22F3N3O5. The second-order valence-corrected chi connectivity index (χ2v) is 6.72. The smallest absolute Gasteiger partial charge is 0.416 e. The van der Waals surface area contributed by atoms with E-state index in [2.05, 4.69) is 15.4 Å². The van der Waals surface area contributed by atoms with Crippen LogP contribution in [0.2, 0.25) is 0 Å². The lowest BCUT2D eigenvalue weighted by Gasteiger charge is -2.24. The van der Waals surface area contributed by atoms with Gasteiger partial charge in [0.05, 0.1) is 12.7 Å². The van der Waals surface area contributed by atoms with Gasteiger partial charge in [-0.05, 0) is 24.5 Å². The van der Waals surface area contributed by atoms with Crippen molar-refractivity contribution >= 4 is 23.8 Å². The van der Waals surface area contributed by atoms with Crippen LogP contribution in [0, 0.1) is 0 Å². The van der Waals surface area contributed by atoms with Crippen molar-refractivity contribution in [1.82, 2.24) is 15.5 Å². The lowest BCUT2D eigenvalue weighted by molar-refractivity contribution is -0.147. The molecule has 1 atom stereocenters. The number of hydrogen-bond donors (Lipinski definition) is 2. The van der Waals surface area contributed by atoms with Gasteiger partial charge in [-0.15, -0.1) is 0 Å². The largest absolute Gasteiger partial charge is 0.467 e. The SMILES string of the molecule is CCC1(CC)NC(=O)N(CC(=O)NC(C(=O)OC)c2ccccc2C(F)(F)F)C1=O. The highest BCUT2D eigenvalue weighted by Gasteiger charge is 2.49. The predicted octanol–water partition coefficient (Wildman–Crippen LogP) is 2.15. The van der Waals surface area contributed by atoms with E-state index in [1.165, 1.54) is 6.07 Å². The summed E-state index contributed by atoms with van der Waals surface area (Å²) in [7, 11) is 0.964. The molecule has 1 aliphatic heterocycles. The van der Waals surface area contributed by atoms with Gasteiger partial charge in [-0.2, -0.15) is 13.2 Å². The first kappa shape index (κ1) is 23.2. The average molecular weight is 429 g/mol. The van der Waals surface area contributed by atoms with E-state index in [9.17, 15) is 32.3 Å². The maximum atomic E-state index is 13.3. The molecule has 0 saturated carbocycles. The number of ether oxygens (including phenoxy) is 1. The van der Waals surface area contributed by atoms with Gasteiger partial charge in [0.15, 0.2) is 6.04 Å². The molecule has 4 amide bonds. The Labute approximate surface area is 170 Å². The van der Waals surface area contributed by atoms with E-state index in [1.54, 1.807) is 13.8 Å². The van der Waals surface area contributed by atoms with E-state index in [4.69, 9.17) is 0 Å². The van der Waals surface area contributed by atoms with E-state index in [-0.39, 0.29) is 0 Å². The number of nitrogens with zero attached hydrogens (tertiary/aromatic N) is 1. The first-order valence-corrected chi connectivity index (χ1v) is 9.18. The second kappa shape index (κ2) is 8.72. The molecule has 1 aliphatic rings. The van der Waals surface area contributed by atoms with Gasteiger partial charge >= 0.3 is 18.2 Å². The number of hydrogen-bond acceptors (Lipinski definition) is 5. The number of alkyl halides is 3. The molecule has 0 spiro atoms. The number of benzene rings is 1. The van der Waals surface area contributed by atoms with Crippen molar-refractivity contribution < 1.29 is 37.1 Å². The van der Waals surface area contributed by atoms with Crippen LogP contribution in [0.4, 0.5) is 18.0 Å². The molecule has 30 heavy (non-hydrogen) atoms. The van der Waals surface area contributed by atoms with Crippen molar-refractivity contribution in [3.63, 3.8) is 0 Å². The summed E-state index contributed by atoms with van der Waals surface area (Å²) in [5, 5.41) is 4.68. The molecule has 0 aromatic heterocycles. The first-order chi connectivity index (χ1) is 14.0. The topological polar surface area (TPSA) is 105 Å². The third kappa shape index (κ3) is 4.39. The van der Waals surface area contributed by atoms with E-state index in [0.29, 0.717) is 17.7 Å². The quantitative estimate of drug-likeness (QED) is 0.511. The van der Waals surface area contributed by atoms with Crippen LogP contribution in [-0.4, -0.2) is 47.9 Å². The Kier molecular flexibility index (Phi) is 6.73. The molecule has 1 aromatic carbocycles. The van der Waals surface area contributed by atoms with Gasteiger partial charge in [-0.25, -0.2) is 9.59 Å². The maximum absolute atomic E-state index is 13.3. The minimum absolute atomic E-state index is 0.302. The van der Waals surface area contributed by atoms with Gasteiger partial charge in [0, 0.05) is 0 Å². The Morgan fingerprint density at radius 2 is 1.80 bits per heavy atom. The molecular weight excluding hydrogens is 407 g/mol. The zero-order valence-corrected chi connectivity index (χ0v) is 16.6. The molecule has 2 rings (SSSR count). The first-order valence-electron chi connectivity index (χ1n) is 9.18. The Bertz CT molecular complexity index is 852. The van der Waals surface area contributed by atoms with E-state index in [1.807, 2.05) is 0 Å². The summed E-state index contributed by atoms with van der Waals surface area (Å²) in [6.07, 6.45) is -4.17. The highest BCUT2D eigenvalue weighted by molar-refractivity contribution is 6.09. The van der Waals surface area contributed by atoms with Crippen molar-refractivity contribution in [3.05, 3.63) is 35.4 Å². The number of esters is 1. The number of carbonyl (C=O) groups is 4. The molecule has 1 aromatic rings. The molecule has 1 unspecified atom stereocenters. The molecule has 8 nitrogen and oxygen atoms in total. The Morgan fingerprint density at radius 3 is 2.30 bits per heavy atom. The Balaban J connectivity index is 2.28. The zero-order chi connectivity index (χ0) is 22.7. The number of rotatable bonds is 7. The van der Waals surface area contributed by atoms with Crippen LogP contribution in [0.5, 0.6) is 0 Å². The molecule has 0 aliphatic carbocycles. The maximum Gasteiger partial charge on any atom is 0.416 e. The fourth-order valence-electron chi connectivity index (χ4n) is 3.29. The van der Waals surface area contributed by atoms with Crippen LogP contribution < -0.4 is 10.6 Å². The number of carbonyl (C=O) groups excluding carboxylic acids is 4. The number of urea groups is 1. The molecule has 0 radical (unpaired) electrons. The molecule has 2 N–H and O–H groups in total. The van der Waals surface area contributed by atoms with Crippen LogP contribution in [0.25, 0.3) is 0 Å². The summed E-state index contributed by atoms with van der Waals surface area (Å²) < 4.78 is 44.5. The third-order valence-corrected chi connectivity index (χ3v) is 5.07. The Morgan fingerprint density at radius 1 is 1.20 bits per heavy atom.